The number of nitrogens with zero attached hydrogens (tertiary/aromatic N) is 4. The van der Waals surface area contributed by atoms with Gasteiger partial charge in [-0.25, -0.2) is 9.49 Å². The average molecular weight is 426 g/mol. The molecular formula is C22H27FN6O2. The van der Waals surface area contributed by atoms with E-state index in [0.29, 0.717) is 16.9 Å². The highest BCUT2D eigenvalue weighted by Crippen LogP contribution is 2.34. The summed E-state index contributed by atoms with van der Waals surface area (Å²) in [5, 5.41) is 17.2. The van der Waals surface area contributed by atoms with Crippen molar-refractivity contribution in [3.05, 3.63) is 40.2 Å². The van der Waals surface area contributed by atoms with Gasteiger partial charge in [0.2, 0.25) is 5.43 Å². The standard InChI is InChI=1S/C22H27FN6O2/c23-17-10-16-19(11-18(17)24-14-6-2-1-3-7-14)29(15-8-4-5-9-15)12-20(22(16)30)31-13-21-25-27-28-26-21/h10-12,14-15,24H,1-9,13H2,(H,25,26,27,28). The van der Waals surface area contributed by atoms with E-state index in [1.54, 1.807) is 6.20 Å². The first-order valence-electron chi connectivity index (χ1n) is 11.2. The van der Waals surface area contributed by atoms with Gasteiger partial charge < -0.3 is 14.6 Å². The molecule has 31 heavy (non-hydrogen) atoms. The number of fused-ring (bicyclic) bond motifs is 1. The number of aromatic amines is 1. The van der Waals surface area contributed by atoms with E-state index >= 15 is 4.39 Å². The lowest BCUT2D eigenvalue weighted by atomic mass is 9.95. The first kappa shape index (κ1) is 20.0. The molecule has 0 atom stereocenters. The molecule has 2 heterocycles. The van der Waals surface area contributed by atoms with Crippen LogP contribution in [0, 0.1) is 5.82 Å². The van der Waals surface area contributed by atoms with Crippen LogP contribution in [0.15, 0.2) is 23.1 Å². The molecule has 2 aromatic heterocycles. The lowest BCUT2D eigenvalue weighted by molar-refractivity contribution is 0.290. The number of benzene rings is 1. The normalized spacial score (nSPS) is 18.0. The number of hydrogen-bond donors (Lipinski definition) is 2. The third-order valence-corrected chi connectivity index (χ3v) is 6.52. The number of pyridine rings is 1. The second-order valence-corrected chi connectivity index (χ2v) is 8.63. The monoisotopic (exact) mass is 426 g/mol. The number of tetrazole rings is 1. The summed E-state index contributed by atoms with van der Waals surface area (Å²) < 4.78 is 22.9. The molecule has 1 aromatic carbocycles. The van der Waals surface area contributed by atoms with Gasteiger partial charge in [-0.15, -0.1) is 5.10 Å². The Labute approximate surface area is 179 Å². The lowest BCUT2D eigenvalue weighted by Crippen LogP contribution is -2.23. The molecule has 5 rings (SSSR count). The molecule has 0 radical (unpaired) electrons. The second kappa shape index (κ2) is 8.64. The van der Waals surface area contributed by atoms with E-state index in [-0.39, 0.29) is 29.9 Å². The van der Waals surface area contributed by atoms with Crippen LogP contribution < -0.4 is 15.5 Å². The highest BCUT2D eigenvalue weighted by Gasteiger charge is 2.23. The second-order valence-electron chi connectivity index (χ2n) is 8.63. The molecule has 0 bridgehead atoms. The summed E-state index contributed by atoms with van der Waals surface area (Å²) in [6.07, 6.45) is 11.8. The Morgan fingerprint density at radius 2 is 1.90 bits per heavy atom. The Morgan fingerprint density at radius 3 is 2.65 bits per heavy atom. The Bertz CT molecular complexity index is 1100. The molecule has 8 nitrogen and oxygen atoms in total. The number of H-pyrrole nitrogens is 1. The van der Waals surface area contributed by atoms with Crippen LogP contribution in [0.4, 0.5) is 10.1 Å². The summed E-state index contributed by atoms with van der Waals surface area (Å²) in [7, 11) is 0. The molecule has 0 unspecified atom stereocenters. The zero-order valence-electron chi connectivity index (χ0n) is 17.4. The third kappa shape index (κ3) is 4.13. The Hall–Kier alpha value is -2.97. The third-order valence-electron chi connectivity index (χ3n) is 6.52. The molecule has 2 aliphatic rings. The zero-order chi connectivity index (χ0) is 21.2. The van der Waals surface area contributed by atoms with Crippen LogP contribution in [0.25, 0.3) is 10.9 Å². The Balaban J connectivity index is 1.54. The van der Waals surface area contributed by atoms with E-state index in [1.165, 1.54) is 25.3 Å². The van der Waals surface area contributed by atoms with Gasteiger partial charge in [-0.1, -0.05) is 32.1 Å². The van der Waals surface area contributed by atoms with Gasteiger partial charge in [0, 0.05) is 12.1 Å². The molecule has 2 saturated carbocycles. The minimum absolute atomic E-state index is 0.0439. The van der Waals surface area contributed by atoms with Crippen molar-refractivity contribution in [3.63, 3.8) is 0 Å². The number of aromatic nitrogens is 5. The molecular weight excluding hydrogens is 399 g/mol. The van der Waals surface area contributed by atoms with Crippen molar-refractivity contribution in [2.45, 2.75) is 76.5 Å². The Morgan fingerprint density at radius 1 is 1.13 bits per heavy atom. The molecule has 164 valence electrons. The lowest BCUT2D eigenvalue weighted by Gasteiger charge is -2.25. The van der Waals surface area contributed by atoms with Gasteiger partial charge in [0.1, 0.15) is 12.4 Å². The summed E-state index contributed by atoms with van der Waals surface area (Å²) in [6.45, 7) is 0.0439. The van der Waals surface area contributed by atoms with Crippen LogP contribution >= 0.6 is 0 Å². The van der Waals surface area contributed by atoms with Gasteiger partial charge in [-0.3, -0.25) is 4.79 Å². The van der Waals surface area contributed by atoms with E-state index in [0.717, 1.165) is 44.0 Å². The van der Waals surface area contributed by atoms with E-state index in [1.807, 2.05) is 6.07 Å². The van der Waals surface area contributed by atoms with Crippen molar-refractivity contribution in [2.24, 2.45) is 0 Å². The van der Waals surface area contributed by atoms with E-state index in [4.69, 9.17) is 4.74 Å². The number of anilines is 1. The molecule has 3 aromatic rings. The number of nitrogens with one attached hydrogen (secondary N) is 2. The molecule has 2 N–H and O–H groups in total. The van der Waals surface area contributed by atoms with Gasteiger partial charge >= 0.3 is 0 Å². The first-order chi connectivity index (χ1) is 15.2. The molecule has 0 amide bonds. The zero-order valence-corrected chi connectivity index (χ0v) is 17.4. The molecule has 0 aliphatic heterocycles. The highest BCUT2D eigenvalue weighted by molar-refractivity contribution is 5.84. The molecule has 2 aliphatic carbocycles. The van der Waals surface area contributed by atoms with Gasteiger partial charge in [-0.2, -0.15) is 0 Å². The maximum atomic E-state index is 15.0. The number of ether oxygens (including phenoxy) is 1. The number of halogens is 1. The first-order valence-corrected chi connectivity index (χ1v) is 11.2. The van der Waals surface area contributed by atoms with Gasteiger partial charge in [0.25, 0.3) is 0 Å². The molecule has 0 spiro atoms. The minimum atomic E-state index is -0.398. The van der Waals surface area contributed by atoms with Crippen molar-refractivity contribution >= 4 is 16.6 Å². The van der Waals surface area contributed by atoms with Crippen LogP contribution in [0.5, 0.6) is 5.75 Å². The summed E-state index contributed by atoms with van der Waals surface area (Å²) in [5.41, 5.74) is 0.914. The average Bonchev–Trinajstić information content (AvgIpc) is 3.50. The van der Waals surface area contributed by atoms with E-state index < -0.39 is 5.82 Å². The quantitative estimate of drug-likeness (QED) is 0.616. The van der Waals surface area contributed by atoms with Crippen LogP contribution in [-0.4, -0.2) is 31.2 Å². The summed E-state index contributed by atoms with van der Waals surface area (Å²) >= 11 is 0. The fraction of sp³-hybridized carbons (Fsp3) is 0.545. The maximum Gasteiger partial charge on any atom is 0.231 e. The minimum Gasteiger partial charge on any atom is -0.480 e. The SMILES string of the molecule is O=c1c(OCc2nnn[nH]2)cn(C2CCCC2)c2cc(NC3CCCCC3)c(F)cc12. The molecule has 0 saturated heterocycles. The predicted octanol–water partition coefficient (Wildman–Crippen LogP) is 4.09. The number of rotatable bonds is 6. The van der Waals surface area contributed by atoms with Gasteiger partial charge in [0.05, 0.1) is 22.8 Å². The van der Waals surface area contributed by atoms with Crippen LogP contribution in [0.3, 0.4) is 0 Å². The van der Waals surface area contributed by atoms with Gasteiger partial charge in [0.15, 0.2) is 11.6 Å². The van der Waals surface area contributed by atoms with Crippen molar-refractivity contribution in [3.8, 4) is 5.75 Å². The van der Waals surface area contributed by atoms with Crippen molar-refractivity contribution in [1.82, 2.24) is 25.2 Å². The molecule has 9 heteroatoms. The summed E-state index contributed by atoms with van der Waals surface area (Å²) in [6, 6.07) is 3.72. The topological polar surface area (TPSA) is 97.7 Å². The van der Waals surface area contributed by atoms with Crippen molar-refractivity contribution < 1.29 is 9.13 Å². The Kier molecular flexibility index (Phi) is 5.57. The largest absolute Gasteiger partial charge is 0.480 e. The summed E-state index contributed by atoms with van der Waals surface area (Å²) in [5.74, 6) is 0.207. The van der Waals surface area contributed by atoms with Crippen molar-refractivity contribution in [1.29, 1.82) is 0 Å². The van der Waals surface area contributed by atoms with Crippen molar-refractivity contribution in [2.75, 3.05) is 5.32 Å². The van der Waals surface area contributed by atoms with E-state index in [2.05, 4.69) is 30.5 Å². The van der Waals surface area contributed by atoms with Crippen LogP contribution in [0.1, 0.15) is 69.7 Å². The fourth-order valence-electron chi connectivity index (χ4n) is 4.90. The van der Waals surface area contributed by atoms with Crippen LogP contribution in [0.2, 0.25) is 0 Å². The smallest absolute Gasteiger partial charge is 0.231 e. The predicted molar refractivity (Wildman–Crippen MR) is 115 cm³/mol. The highest BCUT2D eigenvalue weighted by atomic mass is 19.1. The van der Waals surface area contributed by atoms with E-state index in [9.17, 15) is 4.79 Å². The van der Waals surface area contributed by atoms with Gasteiger partial charge in [-0.05, 0) is 48.2 Å². The number of hydrogen-bond acceptors (Lipinski definition) is 6. The summed E-state index contributed by atoms with van der Waals surface area (Å²) in [4.78, 5) is 13.1. The fourth-order valence-corrected chi connectivity index (χ4v) is 4.90. The maximum absolute atomic E-state index is 15.0. The molecule has 2 fully saturated rings. The van der Waals surface area contributed by atoms with Crippen LogP contribution in [-0.2, 0) is 6.61 Å².